The van der Waals surface area contributed by atoms with Crippen molar-refractivity contribution in [3.8, 4) is 0 Å². The van der Waals surface area contributed by atoms with Gasteiger partial charge >= 0.3 is 0 Å². The highest BCUT2D eigenvalue weighted by atomic mass is 127. The molecule has 0 saturated carbocycles. The molecule has 7 heteroatoms. The van der Waals surface area contributed by atoms with Gasteiger partial charge < -0.3 is 20.4 Å². The first kappa shape index (κ1) is 23.9. The van der Waals surface area contributed by atoms with Crippen LogP contribution >= 0.6 is 24.0 Å². The number of likely N-dealkylation sites (tertiary alicyclic amines) is 1. The zero-order valence-electron chi connectivity index (χ0n) is 17.8. The normalized spacial score (nSPS) is 17.6. The summed E-state index contributed by atoms with van der Waals surface area (Å²) in [5.41, 5.74) is 2.29. The lowest BCUT2D eigenvalue weighted by Crippen LogP contribution is -2.40. The van der Waals surface area contributed by atoms with Crippen LogP contribution in [0.25, 0.3) is 0 Å². The Morgan fingerprint density at radius 2 is 1.93 bits per heavy atom. The van der Waals surface area contributed by atoms with E-state index in [-0.39, 0.29) is 36.4 Å². The molecule has 1 aromatic rings. The predicted molar refractivity (Wildman–Crippen MR) is 131 cm³/mol. The Morgan fingerprint density at radius 3 is 2.69 bits per heavy atom. The van der Waals surface area contributed by atoms with Gasteiger partial charge in [0.05, 0.1) is 0 Å². The molecule has 2 aliphatic heterocycles. The lowest BCUT2D eigenvalue weighted by molar-refractivity contribution is -0.117. The van der Waals surface area contributed by atoms with Crippen molar-refractivity contribution in [3.63, 3.8) is 0 Å². The summed E-state index contributed by atoms with van der Waals surface area (Å²) in [5.74, 6) is 1.67. The minimum Gasteiger partial charge on any atom is -0.357 e. The van der Waals surface area contributed by atoms with E-state index in [1.807, 2.05) is 30.0 Å². The van der Waals surface area contributed by atoms with E-state index in [2.05, 4.69) is 33.5 Å². The first-order valence-electron chi connectivity index (χ1n) is 10.8. The van der Waals surface area contributed by atoms with Crippen molar-refractivity contribution in [3.05, 3.63) is 29.8 Å². The Morgan fingerprint density at radius 1 is 1.17 bits per heavy atom. The number of rotatable bonds is 7. The van der Waals surface area contributed by atoms with E-state index in [0.29, 0.717) is 0 Å². The third kappa shape index (κ3) is 7.13. The zero-order valence-corrected chi connectivity index (χ0v) is 20.2. The summed E-state index contributed by atoms with van der Waals surface area (Å²) >= 11 is 0. The molecule has 1 saturated heterocycles. The molecule has 2 N–H and O–H groups in total. The third-order valence-corrected chi connectivity index (χ3v) is 5.72. The second-order valence-electron chi connectivity index (χ2n) is 7.92. The fraction of sp³-hybridized carbons (Fsp3) is 0.636. The fourth-order valence-corrected chi connectivity index (χ4v) is 3.97. The lowest BCUT2D eigenvalue weighted by atomic mass is 9.99. The second kappa shape index (κ2) is 12.4. The van der Waals surface area contributed by atoms with E-state index >= 15 is 0 Å². The molecule has 0 bridgehead atoms. The Labute approximate surface area is 192 Å². The number of benzene rings is 1. The number of carbonyl (C=O) groups is 1. The van der Waals surface area contributed by atoms with Crippen molar-refractivity contribution >= 4 is 41.5 Å². The number of nitrogens with one attached hydrogen (secondary N) is 2. The van der Waals surface area contributed by atoms with E-state index in [0.717, 1.165) is 56.6 Å². The highest BCUT2D eigenvalue weighted by Gasteiger charge is 2.23. The van der Waals surface area contributed by atoms with Crippen molar-refractivity contribution < 1.29 is 4.79 Å². The largest absolute Gasteiger partial charge is 0.357 e. The lowest BCUT2D eigenvalue weighted by Gasteiger charge is -2.30. The van der Waals surface area contributed by atoms with Crippen LogP contribution in [0.5, 0.6) is 0 Å². The number of para-hydroxylation sites is 1. The van der Waals surface area contributed by atoms with Crippen LogP contribution in [0.15, 0.2) is 29.3 Å². The molecular weight excluding hydrogens is 477 g/mol. The van der Waals surface area contributed by atoms with Crippen molar-refractivity contribution in [2.24, 2.45) is 10.9 Å². The van der Waals surface area contributed by atoms with Gasteiger partial charge in [-0.15, -0.1) is 24.0 Å². The SMILES string of the molecule is CCNC(=NCC(=O)N1CCc2ccccc21)NCCCN1CCC(C)CC1.I. The molecule has 1 amide bonds. The molecule has 1 fully saturated rings. The predicted octanol–water partition coefficient (Wildman–Crippen LogP) is 2.87. The van der Waals surface area contributed by atoms with Crippen LogP contribution in [0.4, 0.5) is 5.69 Å². The number of fused-ring (bicyclic) bond motifs is 1. The van der Waals surface area contributed by atoms with E-state index in [1.54, 1.807) is 0 Å². The van der Waals surface area contributed by atoms with Crippen LogP contribution in [-0.2, 0) is 11.2 Å². The molecule has 3 rings (SSSR count). The minimum absolute atomic E-state index is 0. The van der Waals surface area contributed by atoms with Crippen LogP contribution in [-0.4, -0.2) is 62.6 Å². The number of carbonyl (C=O) groups excluding carboxylic acids is 1. The van der Waals surface area contributed by atoms with Gasteiger partial charge in [0.1, 0.15) is 6.54 Å². The van der Waals surface area contributed by atoms with Crippen LogP contribution in [0, 0.1) is 5.92 Å². The fourth-order valence-electron chi connectivity index (χ4n) is 3.97. The van der Waals surface area contributed by atoms with Crippen LogP contribution in [0.3, 0.4) is 0 Å². The Kier molecular flexibility index (Phi) is 10.2. The minimum atomic E-state index is 0. The number of piperidine rings is 1. The Hall–Kier alpha value is -1.35. The van der Waals surface area contributed by atoms with Crippen LogP contribution < -0.4 is 15.5 Å². The molecule has 0 aliphatic carbocycles. The van der Waals surface area contributed by atoms with Crippen molar-refractivity contribution in [2.45, 2.75) is 39.5 Å². The summed E-state index contributed by atoms with van der Waals surface area (Å²) in [6.45, 7) is 10.6. The van der Waals surface area contributed by atoms with Crippen LogP contribution in [0.1, 0.15) is 38.7 Å². The number of hydrogen-bond donors (Lipinski definition) is 2. The molecule has 0 radical (unpaired) electrons. The number of aliphatic imine (C=N–C) groups is 1. The monoisotopic (exact) mass is 513 g/mol. The summed E-state index contributed by atoms with van der Waals surface area (Å²) in [5, 5.41) is 6.62. The quantitative estimate of drug-likeness (QED) is 0.255. The van der Waals surface area contributed by atoms with Crippen molar-refractivity contribution in [2.75, 3.05) is 50.7 Å². The number of amides is 1. The van der Waals surface area contributed by atoms with Gasteiger partial charge in [0.25, 0.3) is 0 Å². The molecule has 0 atom stereocenters. The van der Waals surface area contributed by atoms with Gasteiger partial charge in [0.15, 0.2) is 5.96 Å². The van der Waals surface area contributed by atoms with Gasteiger partial charge in [0.2, 0.25) is 5.91 Å². The molecule has 0 unspecified atom stereocenters. The second-order valence-corrected chi connectivity index (χ2v) is 7.92. The van der Waals surface area contributed by atoms with Crippen molar-refractivity contribution in [1.29, 1.82) is 0 Å². The van der Waals surface area contributed by atoms with E-state index in [1.165, 1.54) is 31.5 Å². The summed E-state index contributed by atoms with van der Waals surface area (Å²) in [6, 6.07) is 8.14. The van der Waals surface area contributed by atoms with Gasteiger partial charge in [-0.25, -0.2) is 4.99 Å². The summed E-state index contributed by atoms with van der Waals surface area (Å²) in [7, 11) is 0. The smallest absolute Gasteiger partial charge is 0.248 e. The van der Waals surface area contributed by atoms with Gasteiger partial charge in [0, 0.05) is 25.3 Å². The van der Waals surface area contributed by atoms with Crippen molar-refractivity contribution in [1.82, 2.24) is 15.5 Å². The molecule has 0 spiro atoms. The van der Waals surface area contributed by atoms with E-state index < -0.39 is 0 Å². The maximum Gasteiger partial charge on any atom is 0.248 e. The highest BCUT2D eigenvalue weighted by molar-refractivity contribution is 14.0. The van der Waals surface area contributed by atoms with Gasteiger partial charge in [-0.05, 0) is 69.8 Å². The van der Waals surface area contributed by atoms with Gasteiger partial charge in [-0.3, -0.25) is 4.79 Å². The summed E-state index contributed by atoms with van der Waals surface area (Å²) in [6.07, 6.45) is 4.66. The molecule has 2 heterocycles. The van der Waals surface area contributed by atoms with Gasteiger partial charge in [-0.2, -0.15) is 0 Å². The molecule has 29 heavy (non-hydrogen) atoms. The number of anilines is 1. The molecule has 0 aromatic heterocycles. The summed E-state index contributed by atoms with van der Waals surface area (Å²) < 4.78 is 0. The number of halogens is 1. The average molecular weight is 513 g/mol. The molecule has 6 nitrogen and oxygen atoms in total. The number of nitrogens with zero attached hydrogens (tertiary/aromatic N) is 3. The molecule has 162 valence electrons. The standard InChI is InChI=1S/C22H35N5O.HI/c1-3-23-22(24-12-6-13-26-14-9-18(2)10-15-26)25-17-21(28)27-16-11-19-7-4-5-8-20(19)27;/h4-5,7-8,18H,3,6,9-17H2,1-2H3,(H2,23,24,25);1H. The Bertz CT molecular complexity index is 673. The number of guanidine groups is 1. The van der Waals surface area contributed by atoms with Crippen LogP contribution in [0.2, 0.25) is 0 Å². The summed E-state index contributed by atoms with van der Waals surface area (Å²) in [4.78, 5) is 21.6. The highest BCUT2D eigenvalue weighted by Crippen LogP contribution is 2.27. The molecular formula is C22H36IN5O. The maximum atomic E-state index is 12.6. The first-order chi connectivity index (χ1) is 13.7. The molecule has 1 aromatic carbocycles. The van der Waals surface area contributed by atoms with Gasteiger partial charge in [-0.1, -0.05) is 25.1 Å². The third-order valence-electron chi connectivity index (χ3n) is 5.72. The van der Waals surface area contributed by atoms with E-state index in [9.17, 15) is 4.79 Å². The Balaban J connectivity index is 0.00000300. The number of hydrogen-bond acceptors (Lipinski definition) is 3. The molecule has 2 aliphatic rings. The first-order valence-corrected chi connectivity index (χ1v) is 10.8. The maximum absolute atomic E-state index is 12.6. The topological polar surface area (TPSA) is 60.0 Å². The van der Waals surface area contributed by atoms with E-state index in [4.69, 9.17) is 0 Å². The average Bonchev–Trinajstić information content (AvgIpc) is 3.14. The zero-order chi connectivity index (χ0) is 19.8.